The molecule has 2 atom stereocenters. The summed E-state index contributed by atoms with van der Waals surface area (Å²) in [6.45, 7) is 4.95. The number of benzene rings is 1. The fourth-order valence-electron chi connectivity index (χ4n) is 3.67. The van der Waals surface area contributed by atoms with Crippen molar-refractivity contribution < 1.29 is 14.3 Å². The number of carbonyl (C=O) groups excluding carboxylic acids is 2. The van der Waals surface area contributed by atoms with Crippen LogP contribution in [0, 0.1) is 0 Å². The Morgan fingerprint density at radius 1 is 1.29 bits per heavy atom. The first-order valence-electron chi connectivity index (χ1n) is 8.61. The quantitative estimate of drug-likeness (QED) is 0.901. The van der Waals surface area contributed by atoms with Crippen molar-refractivity contribution in [3.8, 4) is 5.75 Å². The Kier molecular flexibility index (Phi) is 5.04. The zero-order valence-corrected chi connectivity index (χ0v) is 14.1. The molecule has 24 heavy (non-hydrogen) atoms. The van der Waals surface area contributed by atoms with Crippen molar-refractivity contribution in [3.63, 3.8) is 0 Å². The van der Waals surface area contributed by atoms with E-state index in [1.807, 2.05) is 4.90 Å². The molecule has 0 radical (unpaired) electrons. The van der Waals surface area contributed by atoms with E-state index in [1.54, 1.807) is 24.3 Å². The number of piperidine rings is 1. The number of ether oxygens (including phenoxy) is 1. The molecular formula is C18H25N3O3. The molecule has 1 aromatic carbocycles. The van der Waals surface area contributed by atoms with Crippen LogP contribution in [0.15, 0.2) is 24.3 Å². The molecule has 2 saturated heterocycles. The number of nitrogens with zero attached hydrogens (tertiary/aromatic N) is 2. The lowest BCUT2D eigenvalue weighted by molar-refractivity contribution is -0.140. The molecule has 0 aromatic heterocycles. The SMILES string of the molecule is CC1CN2CCCCC2CN1C(=O)COc1cccc(C(N)=O)c1. The van der Waals surface area contributed by atoms with E-state index in [0.29, 0.717) is 17.4 Å². The van der Waals surface area contributed by atoms with Gasteiger partial charge in [0.05, 0.1) is 0 Å². The fraction of sp³-hybridized carbons (Fsp3) is 0.556. The number of carbonyl (C=O) groups is 2. The van der Waals surface area contributed by atoms with Crippen LogP contribution in [0.1, 0.15) is 36.5 Å². The van der Waals surface area contributed by atoms with E-state index in [9.17, 15) is 9.59 Å². The van der Waals surface area contributed by atoms with Crippen molar-refractivity contribution >= 4 is 11.8 Å². The molecule has 6 nitrogen and oxygen atoms in total. The average Bonchev–Trinajstić information content (AvgIpc) is 2.59. The number of primary amides is 1. The van der Waals surface area contributed by atoms with Crippen molar-refractivity contribution in [1.82, 2.24) is 9.80 Å². The molecule has 130 valence electrons. The number of nitrogens with two attached hydrogens (primary N) is 1. The van der Waals surface area contributed by atoms with Crippen molar-refractivity contribution in [3.05, 3.63) is 29.8 Å². The van der Waals surface area contributed by atoms with Crippen molar-refractivity contribution in [2.75, 3.05) is 26.2 Å². The Labute approximate surface area is 142 Å². The number of hydrogen-bond acceptors (Lipinski definition) is 4. The molecule has 0 spiro atoms. The second-order valence-corrected chi connectivity index (χ2v) is 6.72. The van der Waals surface area contributed by atoms with Gasteiger partial charge >= 0.3 is 0 Å². The highest BCUT2D eigenvalue weighted by Crippen LogP contribution is 2.24. The second-order valence-electron chi connectivity index (χ2n) is 6.72. The lowest BCUT2D eigenvalue weighted by Crippen LogP contribution is -2.60. The minimum Gasteiger partial charge on any atom is -0.484 e. The Hall–Kier alpha value is -2.08. The van der Waals surface area contributed by atoms with Gasteiger partial charge in [-0.15, -0.1) is 0 Å². The zero-order valence-electron chi connectivity index (χ0n) is 14.1. The molecule has 0 aliphatic carbocycles. The van der Waals surface area contributed by atoms with Crippen molar-refractivity contribution in [1.29, 1.82) is 0 Å². The van der Waals surface area contributed by atoms with Gasteiger partial charge in [-0.1, -0.05) is 12.5 Å². The van der Waals surface area contributed by atoms with Gasteiger partial charge in [-0.2, -0.15) is 0 Å². The Bertz CT molecular complexity index is 619. The van der Waals surface area contributed by atoms with Crippen LogP contribution in [0.4, 0.5) is 0 Å². The zero-order chi connectivity index (χ0) is 17.1. The molecule has 0 saturated carbocycles. The van der Waals surface area contributed by atoms with Crippen LogP contribution in [-0.2, 0) is 4.79 Å². The van der Waals surface area contributed by atoms with Gasteiger partial charge in [0, 0.05) is 30.7 Å². The summed E-state index contributed by atoms with van der Waals surface area (Å²) in [5, 5.41) is 0. The minimum absolute atomic E-state index is 0.00259. The highest BCUT2D eigenvalue weighted by Gasteiger charge is 2.35. The molecule has 2 aliphatic heterocycles. The Balaban J connectivity index is 1.58. The van der Waals surface area contributed by atoms with Gasteiger partial charge in [0.15, 0.2) is 6.61 Å². The topological polar surface area (TPSA) is 75.9 Å². The Morgan fingerprint density at radius 3 is 2.92 bits per heavy atom. The maximum atomic E-state index is 12.6. The summed E-state index contributed by atoms with van der Waals surface area (Å²) in [6, 6.07) is 7.30. The normalized spacial score (nSPS) is 24.3. The van der Waals surface area contributed by atoms with Crippen LogP contribution >= 0.6 is 0 Å². The minimum atomic E-state index is -0.506. The van der Waals surface area contributed by atoms with E-state index in [1.165, 1.54) is 12.8 Å². The molecule has 2 aliphatic rings. The van der Waals surface area contributed by atoms with E-state index in [4.69, 9.17) is 10.5 Å². The first-order valence-corrected chi connectivity index (χ1v) is 8.61. The summed E-state index contributed by atoms with van der Waals surface area (Å²) in [4.78, 5) is 28.2. The molecule has 2 amide bonds. The summed E-state index contributed by atoms with van der Waals surface area (Å²) >= 11 is 0. The highest BCUT2D eigenvalue weighted by atomic mass is 16.5. The van der Waals surface area contributed by atoms with E-state index in [-0.39, 0.29) is 18.6 Å². The predicted molar refractivity (Wildman–Crippen MR) is 90.8 cm³/mol. The first kappa shape index (κ1) is 16.8. The summed E-state index contributed by atoms with van der Waals surface area (Å²) < 4.78 is 5.58. The predicted octanol–water partition coefficient (Wildman–Crippen LogP) is 1.25. The number of amides is 2. The van der Waals surface area contributed by atoms with Crippen molar-refractivity contribution in [2.45, 2.75) is 38.3 Å². The summed E-state index contributed by atoms with van der Waals surface area (Å²) in [6.07, 6.45) is 3.67. The smallest absolute Gasteiger partial charge is 0.260 e. The number of fused-ring (bicyclic) bond motifs is 1. The largest absolute Gasteiger partial charge is 0.484 e. The number of piperazine rings is 1. The van der Waals surface area contributed by atoms with Gasteiger partial charge in [-0.3, -0.25) is 14.5 Å². The van der Waals surface area contributed by atoms with E-state index >= 15 is 0 Å². The molecule has 2 heterocycles. The van der Waals surface area contributed by atoms with E-state index in [0.717, 1.165) is 26.1 Å². The lowest BCUT2D eigenvalue weighted by atomic mass is 9.97. The van der Waals surface area contributed by atoms with Crippen LogP contribution in [0.5, 0.6) is 5.75 Å². The number of rotatable bonds is 4. The van der Waals surface area contributed by atoms with Crippen LogP contribution in [0.3, 0.4) is 0 Å². The first-order chi connectivity index (χ1) is 11.5. The third-order valence-electron chi connectivity index (χ3n) is 4.99. The third-order valence-corrected chi connectivity index (χ3v) is 4.99. The van der Waals surface area contributed by atoms with Gasteiger partial charge < -0.3 is 15.4 Å². The third kappa shape index (κ3) is 3.70. The van der Waals surface area contributed by atoms with Gasteiger partial charge in [-0.05, 0) is 44.5 Å². The summed E-state index contributed by atoms with van der Waals surface area (Å²) in [7, 11) is 0. The van der Waals surface area contributed by atoms with Gasteiger partial charge in [0.2, 0.25) is 5.91 Å². The van der Waals surface area contributed by atoms with Gasteiger partial charge in [0.25, 0.3) is 5.91 Å². The van der Waals surface area contributed by atoms with Crippen LogP contribution in [0.2, 0.25) is 0 Å². The maximum absolute atomic E-state index is 12.6. The number of hydrogen-bond donors (Lipinski definition) is 1. The second kappa shape index (κ2) is 7.21. The van der Waals surface area contributed by atoms with Crippen LogP contribution < -0.4 is 10.5 Å². The maximum Gasteiger partial charge on any atom is 0.260 e. The van der Waals surface area contributed by atoms with E-state index in [2.05, 4.69) is 11.8 Å². The molecule has 1 aromatic rings. The molecule has 0 bridgehead atoms. The summed E-state index contributed by atoms with van der Waals surface area (Å²) in [5.74, 6) is -0.0189. The summed E-state index contributed by atoms with van der Waals surface area (Å²) in [5.41, 5.74) is 5.64. The average molecular weight is 331 g/mol. The molecule has 3 rings (SSSR count). The molecule has 2 N–H and O–H groups in total. The molecular weight excluding hydrogens is 306 g/mol. The Morgan fingerprint density at radius 2 is 2.12 bits per heavy atom. The van der Waals surface area contributed by atoms with Crippen LogP contribution in [-0.4, -0.2) is 59.9 Å². The lowest BCUT2D eigenvalue weighted by Gasteiger charge is -2.47. The van der Waals surface area contributed by atoms with Crippen molar-refractivity contribution in [2.24, 2.45) is 5.73 Å². The van der Waals surface area contributed by atoms with Gasteiger partial charge in [-0.25, -0.2) is 0 Å². The molecule has 6 heteroatoms. The van der Waals surface area contributed by atoms with Gasteiger partial charge in [0.1, 0.15) is 5.75 Å². The molecule has 2 unspecified atom stereocenters. The van der Waals surface area contributed by atoms with E-state index < -0.39 is 5.91 Å². The highest BCUT2D eigenvalue weighted by molar-refractivity contribution is 5.93. The monoisotopic (exact) mass is 331 g/mol. The fourth-order valence-corrected chi connectivity index (χ4v) is 3.67. The molecule has 2 fully saturated rings. The van der Waals surface area contributed by atoms with Crippen LogP contribution in [0.25, 0.3) is 0 Å². The standard InChI is InChI=1S/C18H25N3O3/c1-13-10-20-8-3-2-6-15(20)11-21(13)17(22)12-24-16-7-4-5-14(9-16)18(19)23/h4-5,7,9,13,15H,2-3,6,8,10-12H2,1H3,(H2,19,23).